The van der Waals surface area contributed by atoms with Crippen molar-refractivity contribution in [3.05, 3.63) is 64.4 Å². The molecule has 6 heteroatoms. The zero-order valence-corrected chi connectivity index (χ0v) is 15.2. The van der Waals surface area contributed by atoms with E-state index in [4.69, 9.17) is 16.3 Å². The van der Waals surface area contributed by atoms with Crippen LogP contribution in [-0.2, 0) is 9.59 Å². The fourth-order valence-corrected chi connectivity index (χ4v) is 2.94. The summed E-state index contributed by atoms with van der Waals surface area (Å²) in [5.41, 5.74) is 1.37. The lowest BCUT2D eigenvalue weighted by atomic mass is 10.1. The van der Waals surface area contributed by atoms with Crippen molar-refractivity contribution in [2.75, 3.05) is 11.5 Å². The Morgan fingerprint density at radius 2 is 1.77 bits per heavy atom. The topological polar surface area (TPSA) is 66.8 Å². The number of hydrogen-bond acceptors (Lipinski definition) is 4. The predicted molar refractivity (Wildman–Crippen MR) is 100 cm³/mol. The van der Waals surface area contributed by atoms with Crippen LogP contribution in [0.2, 0.25) is 5.02 Å². The largest absolute Gasteiger partial charge is 0.502 e. The van der Waals surface area contributed by atoms with Gasteiger partial charge in [-0.3, -0.25) is 9.59 Å². The van der Waals surface area contributed by atoms with Gasteiger partial charge in [-0.2, -0.15) is 0 Å². The molecule has 5 nitrogen and oxygen atoms in total. The predicted octanol–water partition coefficient (Wildman–Crippen LogP) is 4.28. The van der Waals surface area contributed by atoms with Gasteiger partial charge in [0.15, 0.2) is 5.76 Å². The van der Waals surface area contributed by atoms with Gasteiger partial charge in [0, 0.05) is 5.02 Å². The highest BCUT2D eigenvalue weighted by Gasteiger charge is 2.40. The Bertz CT molecular complexity index is 903. The van der Waals surface area contributed by atoms with Gasteiger partial charge in [0.1, 0.15) is 5.75 Å². The van der Waals surface area contributed by atoms with E-state index in [9.17, 15) is 14.7 Å². The summed E-state index contributed by atoms with van der Waals surface area (Å²) in [6.07, 6.45) is 0.884. The van der Waals surface area contributed by atoms with Crippen molar-refractivity contribution in [1.82, 2.24) is 0 Å². The maximum atomic E-state index is 12.9. The van der Waals surface area contributed by atoms with Crippen LogP contribution in [0.5, 0.6) is 5.75 Å². The van der Waals surface area contributed by atoms with E-state index in [1.54, 1.807) is 49.4 Å². The van der Waals surface area contributed by atoms with Gasteiger partial charge in [-0.1, -0.05) is 36.7 Å². The number of benzene rings is 2. The number of nitrogens with zero attached hydrogens (tertiary/aromatic N) is 1. The molecule has 0 radical (unpaired) electrons. The van der Waals surface area contributed by atoms with E-state index >= 15 is 0 Å². The molecule has 0 bridgehead atoms. The van der Waals surface area contributed by atoms with Crippen molar-refractivity contribution in [2.45, 2.75) is 20.3 Å². The number of halogens is 1. The Kier molecular flexibility index (Phi) is 5.00. The van der Waals surface area contributed by atoms with E-state index in [0.29, 0.717) is 34.2 Å². The summed E-state index contributed by atoms with van der Waals surface area (Å²) in [6, 6.07) is 11.7. The number of rotatable bonds is 5. The molecule has 0 saturated carbocycles. The molecule has 0 atom stereocenters. The molecule has 2 aromatic rings. The molecule has 1 aliphatic rings. The first-order valence-corrected chi connectivity index (χ1v) is 8.63. The lowest BCUT2D eigenvalue weighted by molar-refractivity contribution is -0.121. The molecular formula is C20H18ClNO4. The summed E-state index contributed by atoms with van der Waals surface area (Å²) in [4.78, 5) is 26.3. The van der Waals surface area contributed by atoms with Crippen molar-refractivity contribution in [1.29, 1.82) is 0 Å². The molecule has 0 unspecified atom stereocenters. The second kappa shape index (κ2) is 7.22. The first-order valence-electron chi connectivity index (χ1n) is 8.26. The Morgan fingerprint density at radius 1 is 1.08 bits per heavy atom. The summed E-state index contributed by atoms with van der Waals surface area (Å²) in [7, 11) is 0. The van der Waals surface area contributed by atoms with Crippen LogP contribution in [0.3, 0.4) is 0 Å². The molecule has 1 aliphatic heterocycles. The number of amides is 2. The van der Waals surface area contributed by atoms with E-state index < -0.39 is 17.6 Å². The Balaban J connectivity index is 1.95. The van der Waals surface area contributed by atoms with Crippen molar-refractivity contribution >= 4 is 34.7 Å². The number of hydrogen-bond donors (Lipinski definition) is 1. The number of aliphatic hydroxyl groups is 1. The fourth-order valence-electron chi connectivity index (χ4n) is 2.77. The monoisotopic (exact) mass is 371 g/mol. The quantitative estimate of drug-likeness (QED) is 0.796. The molecule has 2 aromatic carbocycles. The van der Waals surface area contributed by atoms with Gasteiger partial charge < -0.3 is 9.84 Å². The third kappa shape index (κ3) is 3.06. The molecule has 3 rings (SSSR count). The second-order valence-corrected chi connectivity index (χ2v) is 6.33. The summed E-state index contributed by atoms with van der Waals surface area (Å²) in [6.45, 7) is 4.31. The number of ether oxygens (including phenoxy) is 1. The fraction of sp³-hybridized carbons (Fsp3) is 0.200. The van der Waals surface area contributed by atoms with Crippen LogP contribution in [0, 0.1) is 6.92 Å². The average molecular weight is 372 g/mol. The van der Waals surface area contributed by atoms with Crippen molar-refractivity contribution in [3.63, 3.8) is 0 Å². The molecule has 1 heterocycles. The third-order valence-electron chi connectivity index (χ3n) is 4.16. The molecule has 26 heavy (non-hydrogen) atoms. The Labute approximate surface area is 156 Å². The smallest absolute Gasteiger partial charge is 0.301 e. The number of imide groups is 1. The van der Waals surface area contributed by atoms with E-state index in [1.807, 2.05) is 6.92 Å². The standard InChI is InChI=1S/C20H18ClNO4/c1-3-11-26-14-9-7-13(8-10-14)17-18(23)20(25)22(19(17)24)16-6-4-5-15(21)12(16)2/h4-10,23H,3,11H2,1-2H3. The van der Waals surface area contributed by atoms with Crippen molar-refractivity contribution in [3.8, 4) is 5.75 Å². The van der Waals surface area contributed by atoms with Gasteiger partial charge in [-0.15, -0.1) is 0 Å². The normalized spacial score (nSPS) is 14.3. The van der Waals surface area contributed by atoms with Crippen molar-refractivity contribution in [2.24, 2.45) is 0 Å². The number of aliphatic hydroxyl groups excluding tert-OH is 1. The summed E-state index contributed by atoms with van der Waals surface area (Å²) in [5.74, 6) is -1.26. The molecular weight excluding hydrogens is 354 g/mol. The van der Waals surface area contributed by atoms with E-state index in [2.05, 4.69) is 0 Å². The molecule has 0 saturated heterocycles. The first-order chi connectivity index (χ1) is 12.5. The highest BCUT2D eigenvalue weighted by Crippen LogP contribution is 2.35. The van der Waals surface area contributed by atoms with Crippen LogP contribution in [0.15, 0.2) is 48.2 Å². The van der Waals surface area contributed by atoms with Crippen LogP contribution in [0.1, 0.15) is 24.5 Å². The summed E-state index contributed by atoms with van der Waals surface area (Å²) < 4.78 is 5.51. The number of carbonyl (C=O) groups is 2. The van der Waals surface area contributed by atoms with Crippen LogP contribution >= 0.6 is 11.6 Å². The maximum Gasteiger partial charge on any atom is 0.301 e. The minimum Gasteiger partial charge on any atom is -0.502 e. The highest BCUT2D eigenvalue weighted by molar-refractivity contribution is 6.45. The number of anilines is 1. The Hall–Kier alpha value is -2.79. The third-order valence-corrected chi connectivity index (χ3v) is 4.56. The van der Waals surface area contributed by atoms with Crippen LogP contribution in [-0.4, -0.2) is 23.5 Å². The van der Waals surface area contributed by atoms with Crippen molar-refractivity contribution < 1.29 is 19.4 Å². The molecule has 2 amide bonds. The molecule has 0 aliphatic carbocycles. The van der Waals surface area contributed by atoms with Gasteiger partial charge >= 0.3 is 5.91 Å². The minimum atomic E-state index is -0.762. The average Bonchev–Trinajstić information content (AvgIpc) is 2.86. The van der Waals surface area contributed by atoms with Gasteiger partial charge in [-0.25, -0.2) is 4.90 Å². The molecule has 0 fully saturated rings. The zero-order valence-electron chi connectivity index (χ0n) is 14.5. The van der Waals surface area contributed by atoms with Crippen LogP contribution in [0.4, 0.5) is 5.69 Å². The SMILES string of the molecule is CCCOc1ccc(C2=C(O)C(=O)N(c3cccc(Cl)c3C)C2=O)cc1. The van der Waals surface area contributed by atoms with Gasteiger partial charge in [0.25, 0.3) is 5.91 Å². The number of carbonyl (C=O) groups excluding carboxylic acids is 2. The van der Waals surface area contributed by atoms with E-state index in [1.165, 1.54) is 0 Å². The van der Waals surface area contributed by atoms with Gasteiger partial charge in [-0.05, 0) is 48.7 Å². The molecule has 0 spiro atoms. The molecule has 0 aromatic heterocycles. The summed E-state index contributed by atoms with van der Waals surface area (Å²) >= 11 is 6.10. The summed E-state index contributed by atoms with van der Waals surface area (Å²) in [5, 5.41) is 10.7. The van der Waals surface area contributed by atoms with Crippen LogP contribution in [0.25, 0.3) is 5.57 Å². The van der Waals surface area contributed by atoms with Gasteiger partial charge in [0.2, 0.25) is 0 Å². The first kappa shape index (κ1) is 18.0. The lowest BCUT2D eigenvalue weighted by Crippen LogP contribution is -2.32. The highest BCUT2D eigenvalue weighted by atomic mass is 35.5. The van der Waals surface area contributed by atoms with E-state index in [-0.39, 0.29) is 5.57 Å². The maximum absolute atomic E-state index is 12.9. The zero-order chi connectivity index (χ0) is 18.8. The lowest BCUT2D eigenvalue weighted by Gasteiger charge is -2.17. The molecule has 134 valence electrons. The molecule has 1 N–H and O–H groups in total. The second-order valence-electron chi connectivity index (χ2n) is 5.93. The minimum absolute atomic E-state index is 0.0311. The van der Waals surface area contributed by atoms with Crippen LogP contribution < -0.4 is 9.64 Å². The Morgan fingerprint density at radius 3 is 2.42 bits per heavy atom. The van der Waals surface area contributed by atoms with Gasteiger partial charge in [0.05, 0.1) is 17.9 Å². The van der Waals surface area contributed by atoms with E-state index in [0.717, 1.165) is 11.3 Å².